The molecule has 2 fully saturated rings. The number of anilines is 1. The molecular formula is C17H22N4. The van der Waals surface area contributed by atoms with Crippen LogP contribution in [0.5, 0.6) is 0 Å². The van der Waals surface area contributed by atoms with Gasteiger partial charge >= 0.3 is 0 Å². The maximum Gasteiger partial charge on any atom is 0.151 e. The van der Waals surface area contributed by atoms with E-state index in [0.29, 0.717) is 6.04 Å². The van der Waals surface area contributed by atoms with E-state index in [1.54, 1.807) is 0 Å². The fraction of sp³-hybridized carbons (Fsp3) is 0.529. The predicted octanol–water partition coefficient (Wildman–Crippen LogP) is 2.66. The molecule has 1 saturated carbocycles. The van der Waals surface area contributed by atoms with Crippen LogP contribution in [-0.4, -0.2) is 35.1 Å². The van der Waals surface area contributed by atoms with Gasteiger partial charge in [0.05, 0.1) is 16.7 Å². The van der Waals surface area contributed by atoms with Crippen LogP contribution in [0.4, 0.5) is 5.82 Å². The maximum absolute atomic E-state index is 4.89. The summed E-state index contributed by atoms with van der Waals surface area (Å²) in [7, 11) is 0. The summed E-state index contributed by atoms with van der Waals surface area (Å²) in [5.41, 5.74) is 3.04. The van der Waals surface area contributed by atoms with Crippen LogP contribution in [0.3, 0.4) is 0 Å². The van der Waals surface area contributed by atoms with Gasteiger partial charge in [0, 0.05) is 25.2 Å². The Morgan fingerprint density at radius 1 is 1.14 bits per heavy atom. The zero-order valence-corrected chi connectivity index (χ0v) is 12.5. The maximum atomic E-state index is 4.89. The second kappa shape index (κ2) is 5.26. The van der Waals surface area contributed by atoms with Gasteiger partial charge in [-0.3, -0.25) is 0 Å². The summed E-state index contributed by atoms with van der Waals surface area (Å²) < 4.78 is 0. The van der Waals surface area contributed by atoms with E-state index < -0.39 is 0 Å². The van der Waals surface area contributed by atoms with E-state index in [1.807, 2.05) is 18.2 Å². The summed E-state index contributed by atoms with van der Waals surface area (Å²) in [4.78, 5) is 12.1. The number of rotatable bonds is 4. The molecule has 0 radical (unpaired) electrons. The van der Waals surface area contributed by atoms with Gasteiger partial charge in [0.25, 0.3) is 0 Å². The lowest BCUT2D eigenvalue weighted by molar-refractivity contribution is 0.568. The first-order valence-corrected chi connectivity index (χ1v) is 8.05. The van der Waals surface area contributed by atoms with Gasteiger partial charge in [-0.2, -0.15) is 0 Å². The second-order valence-electron chi connectivity index (χ2n) is 6.29. The van der Waals surface area contributed by atoms with E-state index in [2.05, 4.69) is 23.2 Å². The van der Waals surface area contributed by atoms with Crippen molar-refractivity contribution in [1.29, 1.82) is 0 Å². The molecule has 1 atom stereocenters. The van der Waals surface area contributed by atoms with Gasteiger partial charge in [-0.05, 0) is 44.7 Å². The monoisotopic (exact) mass is 282 g/mol. The topological polar surface area (TPSA) is 41.1 Å². The second-order valence-corrected chi connectivity index (χ2v) is 6.29. The molecule has 1 unspecified atom stereocenters. The third kappa shape index (κ3) is 2.60. The molecule has 1 N–H and O–H groups in total. The molecular weight excluding hydrogens is 260 g/mol. The summed E-state index contributed by atoms with van der Waals surface area (Å²) >= 11 is 0. The van der Waals surface area contributed by atoms with Gasteiger partial charge in [0.1, 0.15) is 0 Å². The first kappa shape index (κ1) is 13.0. The minimum absolute atomic E-state index is 0.569. The molecule has 1 aromatic carbocycles. The van der Waals surface area contributed by atoms with Crippen molar-refractivity contribution in [1.82, 2.24) is 15.3 Å². The molecule has 110 valence electrons. The van der Waals surface area contributed by atoms with Crippen LogP contribution in [0.2, 0.25) is 0 Å². The molecule has 1 saturated heterocycles. The fourth-order valence-corrected chi connectivity index (χ4v) is 3.27. The van der Waals surface area contributed by atoms with Crippen molar-refractivity contribution in [2.75, 3.05) is 18.0 Å². The Morgan fingerprint density at radius 2 is 1.90 bits per heavy atom. The minimum Gasteiger partial charge on any atom is -0.351 e. The fourth-order valence-electron chi connectivity index (χ4n) is 3.27. The molecule has 2 heterocycles. The molecule has 1 aromatic heterocycles. The van der Waals surface area contributed by atoms with E-state index in [0.717, 1.165) is 41.7 Å². The molecule has 4 heteroatoms. The Hall–Kier alpha value is -1.68. The number of hydrogen-bond acceptors (Lipinski definition) is 4. The summed E-state index contributed by atoms with van der Waals surface area (Å²) in [6.07, 6.45) is 5.21. The molecule has 1 aliphatic carbocycles. The number of aromatic nitrogens is 2. The van der Waals surface area contributed by atoms with Crippen molar-refractivity contribution in [3.63, 3.8) is 0 Å². The number of fused-ring (bicyclic) bond motifs is 1. The Morgan fingerprint density at radius 3 is 2.67 bits per heavy atom. The van der Waals surface area contributed by atoms with Crippen LogP contribution in [-0.2, 0) is 0 Å². The lowest BCUT2D eigenvalue weighted by Gasteiger charge is -2.27. The predicted molar refractivity (Wildman–Crippen MR) is 85.7 cm³/mol. The van der Waals surface area contributed by atoms with Gasteiger partial charge in [-0.1, -0.05) is 12.1 Å². The lowest BCUT2D eigenvalue weighted by atomic mass is 10.2. The Bertz CT molecular complexity index is 650. The van der Waals surface area contributed by atoms with Crippen molar-refractivity contribution < 1.29 is 0 Å². The number of nitrogens with one attached hydrogen (secondary N) is 1. The third-order valence-corrected chi connectivity index (χ3v) is 4.59. The van der Waals surface area contributed by atoms with Crippen LogP contribution >= 0.6 is 0 Å². The van der Waals surface area contributed by atoms with Crippen LogP contribution < -0.4 is 10.2 Å². The average Bonchev–Trinajstić information content (AvgIpc) is 3.21. The molecule has 4 nitrogen and oxygen atoms in total. The van der Waals surface area contributed by atoms with Gasteiger partial charge in [0.15, 0.2) is 5.82 Å². The van der Waals surface area contributed by atoms with Crippen molar-refractivity contribution in [2.45, 2.75) is 44.7 Å². The highest BCUT2D eigenvalue weighted by Gasteiger charge is 2.29. The van der Waals surface area contributed by atoms with E-state index in [9.17, 15) is 0 Å². The number of aryl methyl sites for hydroxylation is 1. The van der Waals surface area contributed by atoms with E-state index >= 15 is 0 Å². The van der Waals surface area contributed by atoms with Crippen molar-refractivity contribution in [3.05, 3.63) is 30.0 Å². The largest absolute Gasteiger partial charge is 0.351 e. The van der Waals surface area contributed by atoms with Crippen LogP contribution in [0, 0.1) is 6.92 Å². The lowest BCUT2D eigenvalue weighted by Crippen LogP contribution is -2.39. The first-order chi connectivity index (χ1) is 10.3. The van der Waals surface area contributed by atoms with Gasteiger partial charge in [0.2, 0.25) is 0 Å². The van der Waals surface area contributed by atoms with Crippen LogP contribution in [0.25, 0.3) is 11.0 Å². The molecule has 21 heavy (non-hydrogen) atoms. The number of benzene rings is 1. The van der Waals surface area contributed by atoms with Gasteiger partial charge in [-0.15, -0.1) is 0 Å². The summed E-state index contributed by atoms with van der Waals surface area (Å²) in [5, 5.41) is 3.67. The van der Waals surface area contributed by atoms with Crippen LogP contribution in [0.15, 0.2) is 24.3 Å². The summed E-state index contributed by atoms with van der Waals surface area (Å²) in [5.74, 6) is 1.08. The molecule has 4 rings (SSSR count). The zero-order valence-electron chi connectivity index (χ0n) is 12.5. The first-order valence-electron chi connectivity index (χ1n) is 8.05. The molecule has 0 bridgehead atoms. The van der Waals surface area contributed by atoms with Crippen LogP contribution in [0.1, 0.15) is 31.4 Å². The molecule has 0 spiro atoms. The Kier molecular flexibility index (Phi) is 3.26. The standard InChI is InChI=1S/C17H22N4/c1-12-17(20-16-7-3-2-6-15(16)19-12)21-10-4-5-14(21)11-18-13-8-9-13/h2-3,6-7,13-14,18H,4-5,8-11H2,1H3. The smallest absolute Gasteiger partial charge is 0.151 e. The Labute approximate surface area is 125 Å². The summed E-state index contributed by atoms with van der Waals surface area (Å²) in [6.45, 7) is 4.27. The number of para-hydroxylation sites is 2. The van der Waals surface area contributed by atoms with Gasteiger partial charge in [-0.25, -0.2) is 9.97 Å². The van der Waals surface area contributed by atoms with E-state index in [1.165, 1.54) is 25.7 Å². The SMILES string of the molecule is Cc1nc2ccccc2nc1N1CCCC1CNC1CC1. The quantitative estimate of drug-likeness (QED) is 0.936. The highest BCUT2D eigenvalue weighted by Crippen LogP contribution is 2.28. The normalized spacial score (nSPS) is 22.1. The molecule has 1 aliphatic heterocycles. The average molecular weight is 282 g/mol. The zero-order chi connectivity index (χ0) is 14.2. The Balaban J connectivity index is 1.62. The highest BCUT2D eigenvalue weighted by atomic mass is 15.3. The van der Waals surface area contributed by atoms with Crippen molar-refractivity contribution in [3.8, 4) is 0 Å². The minimum atomic E-state index is 0.569. The molecule has 2 aliphatic rings. The third-order valence-electron chi connectivity index (χ3n) is 4.59. The van der Waals surface area contributed by atoms with Crippen molar-refractivity contribution >= 4 is 16.9 Å². The van der Waals surface area contributed by atoms with Gasteiger partial charge < -0.3 is 10.2 Å². The highest BCUT2D eigenvalue weighted by molar-refractivity contribution is 5.76. The molecule has 2 aromatic rings. The number of hydrogen-bond donors (Lipinski definition) is 1. The van der Waals surface area contributed by atoms with E-state index in [-0.39, 0.29) is 0 Å². The number of nitrogens with zero attached hydrogens (tertiary/aromatic N) is 3. The van der Waals surface area contributed by atoms with Crippen molar-refractivity contribution in [2.24, 2.45) is 0 Å². The van der Waals surface area contributed by atoms with E-state index in [4.69, 9.17) is 9.97 Å². The summed E-state index contributed by atoms with van der Waals surface area (Å²) in [6, 6.07) is 9.49. The molecule has 0 amide bonds.